The van der Waals surface area contributed by atoms with Crippen molar-refractivity contribution < 1.29 is 18.7 Å². The molecule has 2 heterocycles. The number of carbonyl (C=O) groups excluding carboxylic acids is 2. The zero-order valence-electron chi connectivity index (χ0n) is 17.7. The Labute approximate surface area is 186 Å². The third-order valence-corrected chi connectivity index (χ3v) is 5.45. The Morgan fingerprint density at radius 3 is 2.78 bits per heavy atom. The fourth-order valence-electron chi connectivity index (χ4n) is 3.83. The average Bonchev–Trinajstić information content (AvgIpc) is 2.82. The van der Waals surface area contributed by atoms with Gasteiger partial charge in [0.1, 0.15) is 6.04 Å². The molecule has 1 fully saturated rings. The van der Waals surface area contributed by atoms with Gasteiger partial charge in [-0.2, -0.15) is 0 Å². The average molecular weight is 433 g/mol. The van der Waals surface area contributed by atoms with Crippen LogP contribution in [0.15, 0.2) is 73.1 Å². The number of nitrogens with zero attached hydrogens (tertiary/aromatic N) is 2. The highest BCUT2D eigenvalue weighted by atomic mass is 19.1. The predicted octanol–water partition coefficient (Wildman–Crippen LogP) is 3.22. The second-order valence-electron chi connectivity index (χ2n) is 7.68. The lowest BCUT2D eigenvalue weighted by molar-refractivity contribution is -0.148. The molecule has 0 saturated carbocycles. The zero-order valence-corrected chi connectivity index (χ0v) is 17.7. The molecule has 0 aliphatic carbocycles. The highest BCUT2D eigenvalue weighted by Gasteiger charge is 2.36. The van der Waals surface area contributed by atoms with Crippen molar-refractivity contribution in [1.29, 1.82) is 0 Å². The van der Waals surface area contributed by atoms with Crippen molar-refractivity contribution in [2.24, 2.45) is 0 Å². The van der Waals surface area contributed by atoms with Gasteiger partial charge in [0.25, 0.3) is 5.91 Å². The Morgan fingerprint density at radius 1 is 1.19 bits per heavy atom. The number of pyridine rings is 1. The number of nitrogens with one attached hydrogen (secondary N) is 1. The third-order valence-electron chi connectivity index (χ3n) is 5.45. The SMILES string of the molecule is C[C@H](Oc1ccccc1F)C(=O)N1CCNC(=O)[C@@H]1Cc1cccc(-c2cccnc2)c1. The van der Waals surface area contributed by atoms with E-state index in [0.717, 1.165) is 16.7 Å². The van der Waals surface area contributed by atoms with E-state index in [1.54, 1.807) is 31.5 Å². The molecule has 7 heteroatoms. The molecule has 1 aromatic heterocycles. The lowest BCUT2D eigenvalue weighted by Crippen LogP contribution is -2.60. The topological polar surface area (TPSA) is 71.5 Å². The van der Waals surface area contributed by atoms with E-state index in [4.69, 9.17) is 4.74 Å². The van der Waals surface area contributed by atoms with Crippen LogP contribution in [0.2, 0.25) is 0 Å². The minimum atomic E-state index is -0.929. The molecule has 0 spiro atoms. The lowest BCUT2D eigenvalue weighted by Gasteiger charge is -2.36. The smallest absolute Gasteiger partial charge is 0.264 e. The first kappa shape index (κ1) is 21.5. The van der Waals surface area contributed by atoms with Crippen LogP contribution in [0, 0.1) is 5.82 Å². The van der Waals surface area contributed by atoms with Crippen molar-refractivity contribution in [1.82, 2.24) is 15.2 Å². The summed E-state index contributed by atoms with van der Waals surface area (Å²) in [6, 6.07) is 17.0. The summed E-state index contributed by atoms with van der Waals surface area (Å²) in [7, 11) is 0. The van der Waals surface area contributed by atoms with Crippen molar-refractivity contribution in [3.05, 3.63) is 84.4 Å². The predicted molar refractivity (Wildman–Crippen MR) is 118 cm³/mol. The Bertz CT molecular complexity index is 1110. The van der Waals surface area contributed by atoms with Crippen LogP contribution in [0.4, 0.5) is 4.39 Å². The summed E-state index contributed by atoms with van der Waals surface area (Å²) in [5.41, 5.74) is 2.89. The number of hydrogen-bond donors (Lipinski definition) is 1. The molecule has 1 saturated heterocycles. The summed E-state index contributed by atoms with van der Waals surface area (Å²) >= 11 is 0. The second-order valence-corrected chi connectivity index (χ2v) is 7.68. The van der Waals surface area contributed by atoms with Gasteiger partial charge in [0.15, 0.2) is 17.7 Å². The largest absolute Gasteiger partial charge is 0.478 e. The van der Waals surface area contributed by atoms with Crippen LogP contribution in [-0.4, -0.2) is 46.9 Å². The van der Waals surface area contributed by atoms with E-state index in [1.165, 1.54) is 17.0 Å². The van der Waals surface area contributed by atoms with E-state index < -0.39 is 18.0 Å². The van der Waals surface area contributed by atoms with Crippen LogP contribution < -0.4 is 10.1 Å². The first-order valence-electron chi connectivity index (χ1n) is 10.5. The van der Waals surface area contributed by atoms with Crippen molar-refractivity contribution >= 4 is 11.8 Å². The van der Waals surface area contributed by atoms with Crippen LogP contribution in [0.25, 0.3) is 11.1 Å². The van der Waals surface area contributed by atoms with E-state index in [2.05, 4.69) is 10.3 Å². The Balaban J connectivity index is 1.52. The van der Waals surface area contributed by atoms with Gasteiger partial charge >= 0.3 is 0 Å². The van der Waals surface area contributed by atoms with Crippen LogP contribution in [-0.2, 0) is 16.0 Å². The molecule has 0 bridgehead atoms. The molecular formula is C25H24FN3O3. The number of aromatic nitrogens is 1. The molecule has 1 aliphatic heterocycles. The summed E-state index contributed by atoms with van der Waals surface area (Å²) in [5, 5.41) is 2.84. The molecule has 1 N–H and O–H groups in total. The maximum atomic E-state index is 13.9. The number of amides is 2. The van der Waals surface area contributed by atoms with Crippen molar-refractivity contribution in [3.8, 4) is 16.9 Å². The second kappa shape index (κ2) is 9.60. The maximum Gasteiger partial charge on any atom is 0.264 e. The standard InChI is InChI=1S/C25H24FN3O3/c1-17(32-23-10-3-2-9-21(23)26)25(31)29-13-12-28-24(30)22(29)15-18-6-4-7-19(14-18)20-8-5-11-27-16-20/h2-11,14,16-17,22H,12-13,15H2,1H3,(H,28,30)/t17-,22-/m0/s1. The van der Waals surface area contributed by atoms with Crippen molar-refractivity contribution in [2.45, 2.75) is 25.5 Å². The fraction of sp³-hybridized carbons (Fsp3) is 0.240. The minimum Gasteiger partial charge on any atom is -0.478 e. The van der Waals surface area contributed by atoms with Gasteiger partial charge in [0.05, 0.1) is 0 Å². The normalized spacial score (nSPS) is 16.9. The Kier molecular flexibility index (Phi) is 6.44. The van der Waals surface area contributed by atoms with Gasteiger partial charge in [-0.1, -0.05) is 42.5 Å². The fourth-order valence-corrected chi connectivity index (χ4v) is 3.83. The monoisotopic (exact) mass is 433 g/mol. The maximum absolute atomic E-state index is 13.9. The van der Waals surface area contributed by atoms with Gasteiger partial charge in [-0.3, -0.25) is 14.6 Å². The number of rotatable bonds is 6. The molecule has 164 valence electrons. The van der Waals surface area contributed by atoms with Crippen molar-refractivity contribution in [3.63, 3.8) is 0 Å². The quantitative estimate of drug-likeness (QED) is 0.648. The molecule has 0 unspecified atom stereocenters. The summed E-state index contributed by atoms with van der Waals surface area (Å²) in [5.74, 6) is -1.09. The molecule has 2 atom stereocenters. The van der Waals surface area contributed by atoms with Gasteiger partial charge < -0.3 is 15.0 Å². The third kappa shape index (κ3) is 4.77. The van der Waals surface area contributed by atoms with Gasteiger partial charge in [0, 0.05) is 31.9 Å². The van der Waals surface area contributed by atoms with Crippen molar-refractivity contribution in [2.75, 3.05) is 13.1 Å². The number of piperazine rings is 1. The van der Waals surface area contributed by atoms with Gasteiger partial charge in [-0.25, -0.2) is 4.39 Å². The van der Waals surface area contributed by atoms with E-state index in [1.807, 2.05) is 36.4 Å². The van der Waals surface area contributed by atoms with Crippen LogP contribution in [0.1, 0.15) is 12.5 Å². The summed E-state index contributed by atoms with van der Waals surface area (Å²) in [6.07, 6.45) is 2.93. The van der Waals surface area contributed by atoms with Gasteiger partial charge in [-0.15, -0.1) is 0 Å². The zero-order chi connectivity index (χ0) is 22.5. The molecular weight excluding hydrogens is 409 g/mol. The first-order valence-corrected chi connectivity index (χ1v) is 10.5. The van der Waals surface area contributed by atoms with Crippen LogP contribution >= 0.6 is 0 Å². The number of carbonyl (C=O) groups is 2. The molecule has 3 aromatic rings. The minimum absolute atomic E-state index is 0.00975. The number of benzene rings is 2. The molecule has 2 aromatic carbocycles. The number of hydrogen-bond acceptors (Lipinski definition) is 4. The van der Waals surface area contributed by atoms with E-state index in [9.17, 15) is 14.0 Å². The summed E-state index contributed by atoms with van der Waals surface area (Å²) in [6.45, 7) is 2.30. The Morgan fingerprint density at radius 2 is 2.00 bits per heavy atom. The summed E-state index contributed by atoms with van der Waals surface area (Å²) < 4.78 is 19.5. The molecule has 4 rings (SSSR count). The van der Waals surface area contributed by atoms with E-state index in [0.29, 0.717) is 19.5 Å². The number of para-hydroxylation sites is 1. The molecule has 1 aliphatic rings. The van der Waals surface area contributed by atoms with E-state index in [-0.39, 0.29) is 17.6 Å². The van der Waals surface area contributed by atoms with Crippen LogP contribution in [0.3, 0.4) is 0 Å². The molecule has 0 radical (unpaired) electrons. The van der Waals surface area contributed by atoms with Crippen LogP contribution in [0.5, 0.6) is 5.75 Å². The number of halogens is 1. The van der Waals surface area contributed by atoms with Gasteiger partial charge in [0.2, 0.25) is 5.91 Å². The summed E-state index contributed by atoms with van der Waals surface area (Å²) in [4.78, 5) is 31.5. The first-order chi connectivity index (χ1) is 15.5. The molecule has 6 nitrogen and oxygen atoms in total. The molecule has 2 amide bonds. The van der Waals surface area contributed by atoms with E-state index >= 15 is 0 Å². The number of ether oxygens (including phenoxy) is 1. The molecule has 32 heavy (non-hydrogen) atoms. The highest BCUT2D eigenvalue weighted by molar-refractivity contribution is 5.90. The highest BCUT2D eigenvalue weighted by Crippen LogP contribution is 2.23. The Hall–Kier alpha value is -3.74. The lowest BCUT2D eigenvalue weighted by atomic mass is 9.98. The van der Waals surface area contributed by atoms with Gasteiger partial charge in [-0.05, 0) is 41.8 Å².